The Morgan fingerprint density at radius 1 is 1.25 bits per heavy atom. The molecule has 148 valence electrons. The first-order chi connectivity index (χ1) is 13.5. The molecule has 0 radical (unpaired) electrons. The molecule has 1 aromatic carbocycles. The summed E-state index contributed by atoms with van der Waals surface area (Å²) in [6.45, 7) is 2.67. The van der Waals surface area contributed by atoms with Crippen LogP contribution in [0.5, 0.6) is 0 Å². The van der Waals surface area contributed by atoms with Crippen LogP contribution in [-0.2, 0) is 11.3 Å². The van der Waals surface area contributed by atoms with Gasteiger partial charge in [-0.05, 0) is 32.2 Å². The van der Waals surface area contributed by atoms with Crippen LogP contribution < -0.4 is 10.9 Å². The van der Waals surface area contributed by atoms with Gasteiger partial charge in [0.2, 0.25) is 5.91 Å². The highest BCUT2D eigenvalue weighted by molar-refractivity contribution is 5.82. The highest BCUT2D eigenvalue weighted by atomic mass is 19.1. The van der Waals surface area contributed by atoms with Crippen molar-refractivity contribution < 1.29 is 14.3 Å². The summed E-state index contributed by atoms with van der Waals surface area (Å²) in [6, 6.07) is 9.18. The number of hydrogen-bond donors (Lipinski definition) is 2. The summed E-state index contributed by atoms with van der Waals surface area (Å²) >= 11 is 0. The van der Waals surface area contributed by atoms with Crippen molar-refractivity contribution in [2.75, 3.05) is 20.2 Å². The number of likely N-dealkylation sites (tertiary alicyclic amines) is 1. The molecule has 2 aromatic rings. The van der Waals surface area contributed by atoms with E-state index in [-0.39, 0.29) is 41.5 Å². The molecule has 2 aliphatic heterocycles. The molecule has 2 aliphatic rings. The Morgan fingerprint density at radius 2 is 2.00 bits per heavy atom. The van der Waals surface area contributed by atoms with E-state index in [1.807, 2.05) is 24.9 Å². The number of aliphatic hydroxyl groups is 1. The SMILES string of the molecule is CCNC(=O)[C@H]1[C@H](CO)[C@H]2Cn3c(ccc(-c4ccccc4F)c3=O)[C@H]2N1C. The smallest absolute Gasteiger partial charge is 0.258 e. The van der Waals surface area contributed by atoms with Gasteiger partial charge in [0.1, 0.15) is 5.82 Å². The van der Waals surface area contributed by atoms with Crippen molar-refractivity contribution in [3.05, 3.63) is 58.3 Å². The number of amides is 1. The number of aromatic nitrogens is 1. The van der Waals surface area contributed by atoms with Crippen molar-refractivity contribution >= 4 is 5.91 Å². The fourth-order valence-corrected chi connectivity index (χ4v) is 4.94. The minimum absolute atomic E-state index is 0.0498. The van der Waals surface area contributed by atoms with Crippen LogP contribution in [-0.4, -0.2) is 46.7 Å². The van der Waals surface area contributed by atoms with Gasteiger partial charge in [-0.3, -0.25) is 14.5 Å². The highest BCUT2D eigenvalue weighted by Crippen LogP contribution is 2.48. The normalized spacial score (nSPS) is 26.1. The minimum Gasteiger partial charge on any atom is -0.396 e. The molecule has 0 aliphatic carbocycles. The maximum Gasteiger partial charge on any atom is 0.258 e. The van der Waals surface area contributed by atoms with Crippen molar-refractivity contribution in [2.24, 2.45) is 11.8 Å². The number of carbonyl (C=O) groups excluding carboxylic acids is 1. The number of fused-ring (bicyclic) bond motifs is 3. The summed E-state index contributed by atoms with van der Waals surface area (Å²) in [5, 5.41) is 12.8. The summed E-state index contributed by atoms with van der Waals surface area (Å²) in [7, 11) is 1.86. The zero-order valence-electron chi connectivity index (χ0n) is 15.9. The van der Waals surface area contributed by atoms with Crippen molar-refractivity contribution in [2.45, 2.75) is 25.6 Å². The Hall–Kier alpha value is -2.51. The van der Waals surface area contributed by atoms with Crippen LogP contribution in [0, 0.1) is 17.7 Å². The second-order valence-corrected chi connectivity index (χ2v) is 7.53. The average Bonchev–Trinajstić information content (AvgIpc) is 3.19. The van der Waals surface area contributed by atoms with E-state index in [9.17, 15) is 19.1 Å². The van der Waals surface area contributed by atoms with E-state index in [1.54, 1.807) is 28.8 Å². The van der Waals surface area contributed by atoms with Gasteiger partial charge in [-0.2, -0.15) is 0 Å². The molecule has 6 nitrogen and oxygen atoms in total. The number of rotatable bonds is 4. The maximum atomic E-state index is 14.2. The third-order valence-corrected chi connectivity index (χ3v) is 6.14. The van der Waals surface area contributed by atoms with Gasteiger partial charge in [0, 0.05) is 42.8 Å². The summed E-state index contributed by atoms with van der Waals surface area (Å²) < 4.78 is 15.9. The second-order valence-electron chi connectivity index (χ2n) is 7.53. The quantitative estimate of drug-likeness (QED) is 0.834. The number of halogens is 1. The minimum atomic E-state index is -0.435. The van der Waals surface area contributed by atoms with Crippen LogP contribution in [0.4, 0.5) is 4.39 Å². The molecular formula is C21H24FN3O3. The number of benzene rings is 1. The number of pyridine rings is 1. The van der Waals surface area contributed by atoms with Crippen LogP contribution in [0.3, 0.4) is 0 Å². The van der Waals surface area contributed by atoms with Crippen LogP contribution in [0.25, 0.3) is 11.1 Å². The van der Waals surface area contributed by atoms with Crippen LogP contribution in [0.1, 0.15) is 18.7 Å². The standard InChI is InChI=1S/C21H24FN3O3/c1-3-23-20(27)19-15(11-26)14-10-25-17(18(14)24(19)2)9-8-13(21(25)28)12-6-4-5-7-16(12)22/h4-9,14-15,18-19,26H,3,10-11H2,1-2H3,(H,23,27)/t14-,15-,18+,19-/m1/s1. The predicted octanol–water partition coefficient (Wildman–Crippen LogP) is 1.38. The second kappa shape index (κ2) is 7.14. The zero-order valence-corrected chi connectivity index (χ0v) is 15.9. The number of carbonyl (C=O) groups is 1. The van der Waals surface area contributed by atoms with E-state index in [0.29, 0.717) is 18.7 Å². The molecule has 1 aromatic heterocycles. The highest BCUT2D eigenvalue weighted by Gasteiger charge is 2.54. The lowest BCUT2D eigenvalue weighted by molar-refractivity contribution is -0.127. The van der Waals surface area contributed by atoms with Gasteiger partial charge < -0.3 is 15.0 Å². The van der Waals surface area contributed by atoms with E-state index < -0.39 is 11.9 Å². The molecule has 1 fully saturated rings. The Kier molecular flexibility index (Phi) is 4.81. The topological polar surface area (TPSA) is 74.6 Å². The largest absolute Gasteiger partial charge is 0.396 e. The molecule has 4 rings (SSSR count). The van der Waals surface area contributed by atoms with Gasteiger partial charge >= 0.3 is 0 Å². The first-order valence-electron chi connectivity index (χ1n) is 9.58. The molecule has 4 atom stereocenters. The van der Waals surface area contributed by atoms with E-state index in [4.69, 9.17) is 0 Å². The van der Waals surface area contributed by atoms with Gasteiger partial charge in [0.25, 0.3) is 5.56 Å². The van der Waals surface area contributed by atoms with Crippen molar-refractivity contribution in [3.8, 4) is 11.1 Å². The van der Waals surface area contributed by atoms with Gasteiger partial charge in [-0.1, -0.05) is 18.2 Å². The summed E-state index contributed by atoms with van der Waals surface area (Å²) in [6.07, 6.45) is 0. The average molecular weight is 385 g/mol. The molecule has 1 amide bonds. The molecule has 1 saturated heterocycles. The molecule has 3 heterocycles. The molecule has 0 spiro atoms. The van der Waals surface area contributed by atoms with E-state index in [1.165, 1.54) is 6.07 Å². The van der Waals surface area contributed by atoms with Crippen molar-refractivity contribution in [1.29, 1.82) is 0 Å². The first-order valence-corrected chi connectivity index (χ1v) is 9.58. The van der Waals surface area contributed by atoms with Gasteiger partial charge in [0.05, 0.1) is 17.6 Å². The van der Waals surface area contributed by atoms with Crippen molar-refractivity contribution in [1.82, 2.24) is 14.8 Å². The van der Waals surface area contributed by atoms with Crippen LogP contribution in [0.2, 0.25) is 0 Å². The predicted molar refractivity (Wildman–Crippen MR) is 103 cm³/mol. The Bertz CT molecular complexity index is 974. The van der Waals surface area contributed by atoms with Crippen LogP contribution in [0.15, 0.2) is 41.2 Å². The molecular weight excluding hydrogens is 361 g/mol. The number of nitrogens with zero attached hydrogens (tertiary/aromatic N) is 2. The number of hydrogen-bond acceptors (Lipinski definition) is 4. The molecule has 0 unspecified atom stereocenters. The van der Waals surface area contributed by atoms with Gasteiger partial charge in [-0.15, -0.1) is 0 Å². The molecule has 7 heteroatoms. The maximum absolute atomic E-state index is 14.2. The van der Waals surface area contributed by atoms with Gasteiger partial charge in [0.15, 0.2) is 0 Å². The third-order valence-electron chi connectivity index (χ3n) is 6.14. The number of aliphatic hydroxyl groups excluding tert-OH is 1. The monoisotopic (exact) mass is 385 g/mol. The number of likely N-dealkylation sites (N-methyl/N-ethyl adjacent to an activating group) is 2. The first kappa shape index (κ1) is 18.8. The fourth-order valence-electron chi connectivity index (χ4n) is 4.94. The summed E-state index contributed by atoms with van der Waals surface area (Å²) in [5.74, 6) is -0.848. The fraction of sp³-hybridized carbons (Fsp3) is 0.429. The Labute approximate surface area is 162 Å². The molecule has 0 saturated carbocycles. The van der Waals surface area contributed by atoms with Crippen molar-refractivity contribution in [3.63, 3.8) is 0 Å². The summed E-state index contributed by atoms with van der Waals surface area (Å²) in [4.78, 5) is 27.6. The molecule has 0 bridgehead atoms. The van der Waals surface area contributed by atoms with E-state index in [0.717, 1.165) is 5.69 Å². The molecule has 28 heavy (non-hydrogen) atoms. The number of nitrogens with one attached hydrogen (secondary N) is 1. The third kappa shape index (κ3) is 2.69. The van der Waals surface area contributed by atoms with Gasteiger partial charge in [-0.25, -0.2) is 4.39 Å². The lowest BCUT2D eigenvalue weighted by Gasteiger charge is -2.27. The molecule has 2 N–H and O–H groups in total. The zero-order chi connectivity index (χ0) is 20.0. The van der Waals surface area contributed by atoms with E-state index in [2.05, 4.69) is 5.32 Å². The lowest BCUT2D eigenvalue weighted by atomic mass is 9.88. The Balaban J connectivity index is 1.76. The lowest BCUT2D eigenvalue weighted by Crippen LogP contribution is -2.46. The summed E-state index contributed by atoms with van der Waals surface area (Å²) in [5.41, 5.74) is 1.18. The van der Waals surface area contributed by atoms with Crippen LogP contribution >= 0.6 is 0 Å². The van der Waals surface area contributed by atoms with E-state index >= 15 is 0 Å². The Morgan fingerprint density at radius 3 is 2.68 bits per heavy atom.